The van der Waals surface area contributed by atoms with Gasteiger partial charge in [0.2, 0.25) is 5.91 Å². The standard InChI is InChI=1S/C11H19ClN2O/c12-6-8-5-11(15)14(7-8)10-4-2-1-3-9(10)13/h8-10H,1-7,13H2/t8?,9-,10+/m1/s1. The van der Waals surface area contributed by atoms with E-state index in [-0.39, 0.29) is 18.0 Å². The molecule has 1 heterocycles. The summed E-state index contributed by atoms with van der Waals surface area (Å²) in [4.78, 5) is 13.8. The highest BCUT2D eigenvalue weighted by molar-refractivity contribution is 6.18. The predicted molar refractivity (Wildman–Crippen MR) is 60.8 cm³/mol. The Morgan fingerprint density at radius 2 is 2.13 bits per heavy atom. The zero-order chi connectivity index (χ0) is 10.8. The molecule has 2 fully saturated rings. The van der Waals surface area contributed by atoms with E-state index in [9.17, 15) is 4.79 Å². The van der Waals surface area contributed by atoms with Crippen LogP contribution in [0.5, 0.6) is 0 Å². The summed E-state index contributed by atoms with van der Waals surface area (Å²) in [6, 6.07) is 0.455. The number of hydrogen-bond acceptors (Lipinski definition) is 2. The predicted octanol–water partition coefficient (Wildman–Crippen LogP) is 1.34. The Bertz CT molecular complexity index is 247. The van der Waals surface area contributed by atoms with Crippen molar-refractivity contribution in [2.24, 2.45) is 11.7 Å². The Hall–Kier alpha value is -0.280. The lowest BCUT2D eigenvalue weighted by molar-refractivity contribution is -0.130. The second-order valence-corrected chi connectivity index (χ2v) is 5.09. The summed E-state index contributed by atoms with van der Waals surface area (Å²) < 4.78 is 0. The Morgan fingerprint density at radius 1 is 1.40 bits per heavy atom. The fourth-order valence-corrected chi connectivity index (χ4v) is 2.97. The first kappa shape index (κ1) is 11.2. The lowest BCUT2D eigenvalue weighted by Gasteiger charge is -2.36. The van der Waals surface area contributed by atoms with E-state index >= 15 is 0 Å². The Labute approximate surface area is 95.9 Å². The first-order valence-corrected chi connectivity index (χ1v) is 6.37. The molecule has 4 heteroatoms. The quantitative estimate of drug-likeness (QED) is 0.728. The highest BCUT2D eigenvalue weighted by atomic mass is 35.5. The van der Waals surface area contributed by atoms with Crippen molar-refractivity contribution in [2.45, 2.75) is 44.2 Å². The molecular weight excluding hydrogens is 212 g/mol. The third kappa shape index (κ3) is 2.28. The summed E-state index contributed by atoms with van der Waals surface area (Å²) in [5.74, 6) is 1.18. The lowest BCUT2D eigenvalue weighted by Crippen LogP contribution is -2.50. The summed E-state index contributed by atoms with van der Waals surface area (Å²) in [7, 11) is 0. The maximum absolute atomic E-state index is 11.8. The minimum atomic E-state index is 0.178. The Morgan fingerprint density at radius 3 is 2.73 bits per heavy atom. The van der Waals surface area contributed by atoms with Gasteiger partial charge in [0, 0.05) is 30.9 Å². The van der Waals surface area contributed by atoms with Gasteiger partial charge in [0.25, 0.3) is 0 Å². The van der Waals surface area contributed by atoms with Crippen LogP contribution in [-0.2, 0) is 4.79 Å². The maximum atomic E-state index is 11.8. The van der Waals surface area contributed by atoms with Gasteiger partial charge < -0.3 is 10.6 Å². The molecule has 0 bridgehead atoms. The van der Waals surface area contributed by atoms with E-state index < -0.39 is 0 Å². The molecule has 1 saturated heterocycles. The number of halogens is 1. The smallest absolute Gasteiger partial charge is 0.223 e. The second-order valence-electron chi connectivity index (χ2n) is 4.79. The van der Waals surface area contributed by atoms with E-state index in [0.717, 1.165) is 19.4 Å². The van der Waals surface area contributed by atoms with Gasteiger partial charge in [-0.05, 0) is 18.8 Å². The number of likely N-dealkylation sites (tertiary alicyclic amines) is 1. The Kier molecular flexibility index (Phi) is 3.52. The monoisotopic (exact) mass is 230 g/mol. The molecule has 3 nitrogen and oxygen atoms in total. The molecule has 15 heavy (non-hydrogen) atoms. The van der Waals surface area contributed by atoms with E-state index in [2.05, 4.69) is 0 Å². The number of carbonyl (C=O) groups is 1. The molecule has 1 amide bonds. The van der Waals surface area contributed by atoms with Crippen molar-refractivity contribution in [3.63, 3.8) is 0 Å². The van der Waals surface area contributed by atoms with Crippen LogP contribution in [0.1, 0.15) is 32.1 Å². The molecule has 86 valence electrons. The minimum absolute atomic E-state index is 0.178. The molecule has 2 aliphatic rings. The van der Waals surface area contributed by atoms with Crippen LogP contribution in [-0.4, -0.2) is 35.3 Å². The van der Waals surface area contributed by atoms with Crippen molar-refractivity contribution < 1.29 is 4.79 Å². The molecule has 0 spiro atoms. The van der Waals surface area contributed by atoms with Crippen LogP contribution in [0.3, 0.4) is 0 Å². The van der Waals surface area contributed by atoms with Crippen molar-refractivity contribution in [2.75, 3.05) is 12.4 Å². The average Bonchev–Trinajstić information content (AvgIpc) is 2.60. The van der Waals surface area contributed by atoms with Gasteiger partial charge in [-0.2, -0.15) is 0 Å². The number of rotatable bonds is 2. The topological polar surface area (TPSA) is 46.3 Å². The number of alkyl halides is 1. The van der Waals surface area contributed by atoms with Gasteiger partial charge in [0.1, 0.15) is 0 Å². The third-order valence-corrected chi connectivity index (χ3v) is 4.08. The Balaban J connectivity index is 2.00. The molecule has 1 saturated carbocycles. The van der Waals surface area contributed by atoms with Gasteiger partial charge in [0.05, 0.1) is 0 Å². The molecule has 2 N–H and O–H groups in total. The van der Waals surface area contributed by atoms with Crippen LogP contribution < -0.4 is 5.73 Å². The van der Waals surface area contributed by atoms with E-state index in [0.29, 0.717) is 18.2 Å². The molecule has 1 aliphatic heterocycles. The number of carbonyl (C=O) groups excluding carboxylic acids is 1. The highest BCUT2D eigenvalue weighted by Crippen LogP contribution is 2.28. The van der Waals surface area contributed by atoms with Crippen molar-refractivity contribution in [1.29, 1.82) is 0 Å². The molecule has 0 aromatic rings. The van der Waals surface area contributed by atoms with E-state index in [1.807, 2.05) is 4.90 Å². The molecule has 2 rings (SSSR count). The maximum Gasteiger partial charge on any atom is 0.223 e. The largest absolute Gasteiger partial charge is 0.338 e. The van der Waals surface area contributed by atoms with Crippen LogP contribution in [0.25, 0.3) is 0 Å². The third-order valence-electron chi connectivity index (χ3n) is 3.64. The summed E-state index contributed by atoms with van der Waals surface area (Å²) in [6.07, 6.45) is 5.15. The van der Waals surface area contributed by atoms with Crippen LogP contribution in [0.2, 0.25) is 0 Å². The summed E-state index contributed by atoms with van der Waals surface area (Å²) in [5, 5.41) is 0. The molecule has 1 aliphatic carbocycles. The highest BCUT2D eigenvalue weighted by Gasteiger charge is 2.37. The average molecular weight is 231 g/mol. The summed E-state index contributed by atoms with van der Waals surface area (Å²) >= 11 is 5.80. The number of nitrogens with zero attached hydrogens (tertiary/aromatic N) is 1. The van der Waals surface area contributed by atoms with Crippen LogP contribution in [0.4, 0.5) is 0 Å². The number of hydrogen-bond donors (Lipinski definition) is 1. The normalized spacial score (nSPS) is 37.3. The van der Waals surface area contributed by atoms with Gasteiger partial charge in [-0.3, -0.25) is 4.79 Å². The van der Waals surface area contributed by atoms with Gasteiger partial charge in [0.15, 0.2) is 0 Å². The molecule has 3 atom stereocenters. The second kappa shape index (κ2) is 4.71. The van der Waals surface area contributed by atoms with Gasteiger partial charge in [-0.25, -0.2) is 0 Å². The molecule has 0 aromatic carbocycles. The van der Waals surface area contributed by atoms with Crippen molar-refractivity contribution in [3.05, 3.63) is 0 Å². The van der Waals surface area contributed by atoms with Crippen molar-refractivity contribution >= 4 is 17.5 Å². The van der Waals surface area contributed by atoms with Crippen LogP contribution in [0.15, 0.2) is 0 Å². The summed E-state index contributed by atoms with van der Waals surface area (Å²) in [6.45, 7) is 0.820. The van der Waals surface area contributed by atoms with E-state index in [4.69, 9.17) is 17.3 Å². The van der Waals surface area contributed by atoms with Crippen molar-refractivity contribution in [3.8, 4) is 0 Å². The fourth-order valence-electron chi connectivity index (χ4n) is 2.76. The number of nitrogens with two attached hydrogens (primary N) is 1. The molecular formula is C11H19ClN2O. The van der Waals surface area contributed by atoms with Gasteiger partial charge >= 0.3 is 0 Å². The first-order valence-electron chi connectivity index (χ1n) is 5.83. The van der Waals surface area contributed by atoms with E-state index in [1.165, 1.54) is 12.8 Å². The zero-order valence-corrected chi connectivity index (χ0v) is 9.75. The SMILES string of the molecule is N[C@@H]1CCCC[C@@H]1N1CC(CCl)CC1=O. The molecule has 0 radical (unpaired) electrons. The number of amides is 1. The van der Waals surface area contributed by atoms with Crippen molar-refractivity contribution in [1.82, 2.24) is 4.90 Å². The fraction of sp³-hybridized carbons (Fsp3) is 0.909. The van der Waals surface area contributed by atoms with Gasteiger partial charge in [-0.1, -0.05) is 12.8 Å². The van der Waals surface area contributed by atoms with Gasteiger partial charge in [-0.15, -0.1) is 11.6 Å². The molecule has 0 aromatic heterocycles. The molecule has 1 unspecified atom stereocenters. The first-order chi connectivity index (χ1) is 7.22. The van der Waals surface area contributed by atoms with Crippen LogP contribution >= 0.6 is 11.6 Å². The summed E-state index contributed by atoms with van der Waals surface area (Å²) in [5.41, 5.74) is 6.08. The van der Waals surface area contributed by atoms with E-state index in [1.54, 1.807) is 0 Å². The lowest BCUT2D eigenvalue weighted by atomic mass is 9.90. The van der Waals surface area contributed by atoms with Crippen LogP contribution in [0, 0.1) is 5.92 Å². The zero-order valence-electron chi connectivity index (χ0n) is 8.99. The minimum Gasteiger partial charge on any atom is -0.338 e.